The fourth-order valence-corrected chi connectivity index (χ4v) is 8.07. The molecule has 10 heteroatoms. The topological polar surface area (TPSA) is 80.3 Å². The molecule has 2 rings (SSSR count). The first-order chi connectivity index (χ1) is 23.5. The Hall–Kier alpha value is -1.36. The molecule has 1 saturated heterocycles. The van der Waals surface area contributed by atoms with Crippen molar-refractivity contribution in [2.24, 2.45) is 11.8 Å². The lowest BCUT2D eigenvalue weighted by Crippen LogP contribution is -2.48. The van der Waals surface area contributed by atoms with Crippen LogP contribution in [0.1, 0.15) is 158 Å². The number of carbonyl (C=O) groups excluding carboxylic acids is 2. The molecule has 1 heterocycles. The Balaban J connectivity index is 2.26. The predicted octanol–water partition coefficient (Wildman–Crippen LogP) is 11.1. The first kappa shape index (κ1) is 44.8. The van der Waals surface area contributed by atoms with Gasteiger partial charge in [-0.1, -0.05) is 91.2 Å². The summed E-state index contributed by atoms with van der Waals surface area (Å²) in [6.45, 7) is 18.1. The summed E-state index contributed by atoms with van der Waals surface area (Å²) in [6, 6.07) is 0. The minimum absolute atomic E-state index is 0.0683. The molecule has 1 saturated carbocycles. The summed E-state index contributed by atoms with van der Waals surface area (Å²) < 4.78 is 62.3. The van der Waals surface area contributed by atoms with Crippen LogP contribution in [0.2, 0.25) is 18.1 Å². The second-order valence-electron chi connectivity index (χ2n) is 16.5. The van der Waals surface area contributed by atoms with Crippen LogP contribution in [0.5, 0.6) is 0 Å². The molecule has 0 radical (unpaired) electrons. The number of alkyl halides is 2. The fraction of sp³-hybridized carbons (Fsp3) is 0.900. The van der Waals surface area contributed by atoms with Crippen LogP contribution in [0.15, 0.2) is 12.2 Å². The Morgan fingerprint density at radius 1 is 0.940 bits per heavy atom. The largest absolute Gasteiger partial charge is 0.463 e. The van der Waals surface area contributed by atoms with Crippen LogP contribution in [0.25, 0.3) is 0 Å². The van der Waals surface area contributed by atoms with Gasteiger partial charge in [0.15, 0.2) is 14.6 Å². The zero-order valence-corrected chi connectivity index (χ0v) is 34.0. The van der Waals surface area contributed by atoms with Gasteiger partial charge in [0.2, 0.25) is 0 Å². The summed E-state index contributed by atoms with van der Waals surface area (Å²) in [4.78, 5) is 24.1. The fourth-order valence-electron chi connectivity index (χ4n) is 6.84. The zero-order chi connectivity index (χ0) is 37.4. The molecule has 2 fully saturated rings. The molecule has 0 spiro atoms. The second kappa shape index (κ2) is 22.0. The van der Waals surface area contributed by atoms with Crippen molar-refractivity contribution in [3.8, 4) is 0 Å². The van der Waals surface area contributed by atoms with Gasteiger partial charge in [-0.15, -0.1) is 0 Å². The smallest absolute Gasteiger partial charge is 0.306 e. The van der Waals surface area contributed by atoms with Crippen LogP contribution in [0.3, 0.4) is 0 Å². The average Bonchev–Trinajstić information content (AvgIpc) is 3.32. The number of unbranched alkanes of at least 4 members (excludes halogenated alkanes) is 8. The molecule has 0 aromatic heterocycles. The number of carbonyl (C=O) groups is 2. The van der Waals surface area contributed by atoms with Crippen molar-refractivity contribution in [3.63, 3.8) is 0 Å². The molecule has 6 atom stereocenters. The van der Waals surface area contributed by atoms with Crippen molar-refractivity contribution in [1.29, 1.82) is 0 Å². The predicted molar refractivity (Wildman–Crippen MR) is 199 cm³/mol. The lowest BCUT2D eigenvalue weighted by Gasteiger charge is -2.40. The van der Waals surface area contributed by atoms with E-state index in [9.17, 15) is 9.59 Å². The van der Waals surface area contributed by atoms with Gasteiger partial charge in [0, 0.05) is 44.6 Å². The molecule has 2 aliphatic rings. The van der Waals surface area contributed by atoms with Crippen LogP contribution in [0.4, 0.5) is 8.78 Å². The van der Waals surface area contributed by atoms with Gasteiger partial charge in [0.05, 0.1) is 12.2 Å². The Kier molecular flexibility index (Phi) is 19.7. The second-order valence-corrected chi connectivity index (χ2v) is 21.3. The van der Waals surface area contributed by atoms with Gasteiger partial charge in [-0.05, 0) is 70.5 Å². The molecule has 0 amide bonds. The lowest BCUT2D eigenvalue weighted by atomic mass is 9.87. The summed E-state index contributed by atoms with van der Waals surface area (Å²) in [5.74, 6) is -3.79. The highest BCUT2D eigenvalue weighted by Gasteiger charge is 2.48. The van der Waals surface area contributed by atoms with Crippen molar-refractivity contribution in [2.45, 2.75) is 212 Å². The first-order valence-corrected chi connectivity index (χ1v) is 22.8. The summed E-state index contributed by atoms with van der Waals surface area (Å²) in [6.07, 6.45) is 14.3. The van der Waals surface area contributed by atoms with Crippen molar-refractivity contribution in [3.05, 3.63) is 12.2 Å². The van der Waals surface area contributed by atoms with Crippen LogP contribution in [0, 0.1) is 11.8 Å². The third-order valence-electron chi connectivity index (χ3n) is 10.7. The highest BCUT2D eigenvalue weighted by molar-refractivity contribution is 6.74. The van der Waals surface area contributed by atoms with E-state index in [-0.39, 0.29) is 59.8 Å². The van der Waals surface area contributed by atoms with Crippen LogP contribution < -0.4 is 0 Å². The lowest BCUT2D eigenvalue weighted by molar-refractivity contribution is -0.193. The van der Waals surface area contributed by atoms with Gasteiger partial charge in [-0.3, -0.25) is 9.59 Å². The minimum atomic E-state index is -3.02. The molecular weight excluding hydrogens is 659 g/mol. The Bertz CT molecular complexity index is 1010. The molecule has 1 aliphatic carbocycles. The first-order valence-electron chi connectivity index (χ1n) is 19.8. The normalized spacial score (nSPS) is 24.2. The molecule has 50 heavy (non-hydrogen) atoms. The van der Waals surface area contributed by atoms with E-state index in [1.54, 1.807) is 6.08 Å². The number of rotatable bonds is 23. The average molecular weight is 731 g/mol. The highest BCUT2D eigenvalue weighted by atomic mass is 28.4. The van der Waals surface area contributed by atoms with Crippen molar-refractivity contribution in [2.75, 3.05) is 6.61 Å². The Morgan fingerprint density at radius 2 is 1.60 bits per heavy atom. The zero-order valence-electron chi connectivity index (χ0n) is 33.0. The van der Waals surface area contributed by atoms with Gasteiger partial charge < -0.3 is 23.4 Å². The Labute approximate surface area is 304 Å². The quantitative estimate of drug-likeness (QED) is 0.0448. The maximum Gasteiger partial charge on any atom is 0.306 e. The van der Waals surface area contributed by atoms with E-state index < -0.39 is 20.3 Å². The maximum atomic E-state index is 16.1. The van der Waals surface area contributed by atoms with Gasteiger partial charge in [0.25, 0.3) is 5.92 Å². The van der Waals surface area contributed by atoms with E-state index in [1.807, 2.05) is 33.0 Å². The molecule has 0 bridgehead atoms. The van der Waals surface area contributed by atoms with Gasteiger partial charge in [-0.25, -0.2) is 8.78 Å². The van der Waals surface area contributed by atoms with Crippen molar-refractivity contribution < 1.29 is 41.7 Å². The van der Waals surface area contributed by atoms with Crippen LogP contribution in [-0.4, -0.2) is 63.5 Å². The number of halogens is 2. The summed E-state index contributed by atoms with van der Waals surface area (Å²) in [7, 11) is -2.54. The number of esters is 2. The third-order valence-corrected chi connectivity index (χ3v) is 15.2. The van der Waals surface area contributed by atoms with E-state index in [0.29, 0.717) is 25.9 Å². The molecule has 1 aliphatic heterocycles. The number of hydrogen-bond donors (Lipinski definition) is 0. The molecule has 7 nitrogen and oxygen atoms in total. The van der Waals surface area contributed by atoms with Gasteiger partial charge in [0.1, 0.15) is 12.2 Å². The van der Waals surface area contributed by atoms with E-state index in [1.165, 1.54) is 6.92 Å². The molecule has 292 valence electrons. The Morgan fingerprint density at radius 3 is 2.20 bits per heavy atom. The number of ether oxygens (including phenoxy) is 4. The molecule has 3 unspecified atom stereocenters. The summed E-state index contributed by atoms with van der Waals surface area (Å²) in [5, 5.41) is -0.227. The molecular formula is C40H72F2O7Si. The van der Waals surface area contributed by atoms with E-state index in [2.05, 4.69) is 27.7 Å². The maximum absolute atomic E-state index is 16.1. The van der Waals surface area contributed by atoms with Crippen LogP contribution >= 0.6 is 0 Å². The monoisotopic (exact) mass is 731 g/mol. The SMILES string of the molecule is CCCCCCC(F)(F)C(C=C[C@@H]1C(CCCCCCCCC(=O)OC(C)C)[C@H](OC(C)=O)C[C@H]1OC1CCCCO1)O[Si](C)(C)C(C)(C)C. The minimum Gasteiger partial charge on any atom is -0.463 e. The van der Waals surface area contributed by atoms with E-state index in [4.69, 9.17) is 23.4 Å². The number of hydrogen-bond acceptors (Lipinski definition) is 7. The third kappa shape index (κ3) is 16.1. The van der Waals surface area contributed by atoms with Gasteiger partial charge in [-0.2, -0.15) is 0 Å². The highest BCUT2D eigenvalue weighted by Crippen LogP contribution is 2.44. The molecule has 0 N–H and O–H groups in total. The molecule has 0 aromatic rings. The van der Waals surface area contributed by atoms with Gasteiger partial charge >= 0.3 is 11.9 Å². The van der Waals surface area contributed by atoms with E-state index in [0.717, 1.165) is 83.5 Å². The summed E-state index contributed by atoms with van der Waals surface area (Å²) in [5.41, 5.74) is 0. The standard InChI is InChI=1S/C40H72F2O7Si/c1-10-11-12-20-27-40(41,42)36(49-50(8,9)39(5,6)7)26-25-33-32(22-17-15-13-14-16-18-23-37(44)46-30(2)3)34(47-31(4)43)29-35(33)48-38-24-19-21-28-45-38/h25-26,30,32-36,38H,10-24,27-29H2,1-9H3/t32?,33-,34-,35-,36?,38?/m1/s1. The van der Waals surface area contributed by atoms with Crippen molar-refractivity contribution >= 4 is 20.3 Å². The van der Waals surface area contributed by atoms with Crippen molar-refractivity contribution in [1.82, 2.24) is 0 Å². The molecule has 0 aromatic carbocycles. The summed E-state index contributed by atoms with van der Waals surface area (Å²) >= 11 is 0. The van der Waals surface area contributed by atoms with Crippen LogP contribution in [-0.2, 0) is 33.0 Å². The van der Waals surface area contributed by atoms with E-state index >= 15 is 8.78 Å².